The van der Waals surface area contributed by atoms with Crippen molar-refractivity contribution in [1.82, 2.24) is 4.90 Å². The van der Waals surface area contributed by atoms with Gasteiger partial charge in [0.15, 0.2) is 0 Å². The summed E-state index contributed by atoms with van der Waals surface area (Å²) in [6.45, 7) is 4.58. The van der Waals surface area contributed by atoms with Gasteiger partial charge < -0.3 is 5.11 Å². The number of nitriles is 1. The summed E-state index contributed by atoms with van der Waals surface area (Å²) in [6, 6.07) is 2.68. The topological polar surface area (TPSA) is 64.3 Å². The molecule has 0 atom stereocenters. The molecule has 1 N–H and O–H groups in total. The van der Waals surface area contributed by atoms with Crippen LogP contribution in [0.4, 0.5) is 0 Å². The van der Waals surface area contributed by atoms with E-state index in [0.29, 0.717) is 12.6 Å². The number of hydrogen-bond donors (Lipinski definition) is 1. The van der Waals surface area contributed by atoms with E-state index in [-0.39, 0.29) is 12.0 Å². The van der Waals surface area contributed by atoms with Crippen molar-refractivity contribution in [3.8, 4) is 6.07 Å². The van der Waals surface area contributed by atoms with Gasteiger partial charge in [-0.15, -0.1) is 0 Å². The predicted octanol–water partition coefficient (Wildman–Crippen LogP) is 1.48. The van der Waals surface area contributed by atoms with E-state index in [9.17, 15) is 4.79 Å². The van der Waals surface area contributed by atoms with Crippen LogP contribution in [0.25, 0.3) is 0 Å². The van der Waals surface area contributed by atoms with Crippen molar-refractivity contribution in [3.05, 3.63) is 0 Å². The third-order valence-electron chi connectivity index (χ3n) is 2.73. The molecule has 1 aliphatic carbocycles. The second-order valence-electron chi connectivity index (χ2n) is 4.84. The van der Waals surface area contributed by atoms with E-state index in [1.54, 1.807) is 0 Å². The van der Waals surface area contributed by atoms with Crippen LogP contribution in [0, 0.1) is 16.7 Å². The van der Waals surface area contributed by atoms with Gasteiger partial charge in [0, 0.05) is 12.6 Å². The quantitative estimate of drug-likeness (QED) is 0.721. The lowest BCUT2D eigenvalue weighted by Crippen LogP contribution is -2.34. The Hall–Kier alpha value is -1.08. The summed E-state index contributed by atoms with van der Waals surface area (Å²) < 4.78 is 0. The average molecular weight is 210 g/mol. The van der Waals surface area contributed by atoms with Crippen molar-refractivity contribution in [2.45, 2.75) is 39.2 Å². The molecule has 1 fully saturated rings. The molecule has 4 heteroatoms. The zero-order chi connectivity index (χ0) is 11.5. The molecule has 0 aromatic carbocycles. The summed E-state index contributed by atoms with van der Waals surface area (Å²) in [4.78, 5) is 12.6. The molecule has 0 unspecified atom stereocenters. The Balaban J connectivity index is 2.39. The van der Waals surface area contributed by atoms with Gasteiger partial charge in [-0.25, -0.2) is 0 Å². The first-order valence-corrected chi connectivity index (χ1v) is 5.32. The number of nitrogens with zero attached hydrogens (tertiary/aromatic N) is 2. The maximum Gasteiger partial charge on any atom is 0.317 e. The van der Waals surface area contributed by atoms with Gasteiger partial charge in [-0.3, -0.25) is 9.69 Å². The maximum atomic E-state index is 10.6. The lowest BCUT2D eigenvalue weighted by atomic mass is 9.91. The lowest BCUT2D eigenvalue weighted by Gasteiger charge is -2.23. The fourth-order valence-corrected chi connectivity index (χ4v) is 1.48. The van der Waals surface area contributed by atoms with E-state index in [2.05, 4.69) is 6.07 Å². The first kappa shape index (κ1) is 12.0. The van der Waals surface area contributed by atoms with Crippen molar-refractivity contribution >= 4 is 5.97 Å². The molecule has 0 aromatic rings. The zero-order valence-corrected chi connectivity index (χ0v) is 9.36. The Morgan fingerprint density at radius 1 is 1.60 bits per heavy atom. The standard InChI is InChI=1S/C11H18N2O2/c1-11(2,8-12)5-6-13(7-10(14)15)9-3-4-9/h9H,3-7H2,1-2H3,(H,14,15). The van der Waals surface area contributed by atoms with Crippen molar-refractivity contribution in [3.63, 3.8) is 0 Å². The summed E-state index contributed by atoms with van der Waals surface area (Å²) in [6.07, 6.45) is 2.92. The molecule has 1 aliphatic rings. The number of aliphatic carboxylic acids is 1. The molecule has 0 radical (unpaired) electrons. The fraction of sp³-hybridized carbons (Fsp3) is 0.818. The number of hydrogen-bond acceptors (Lipinski definition) is 3. The number of carbonyl (C=O) groups is 1. The minimum atomic E-state index is -0.781. The number of rotatable bonds is 6. The van der Waals surface area contributed by atoms with Gasteiger partial charge in [0.05, 0.1) is 18.0 Å². The average Bonchev–Trinajstić information content (AvgIpc) is 2.95. The SMILES string of the molecule is CC(C)(C#N)CCN(CC(=O)O)C1CC1. The lowest BCUT2D eigenvalue weighted by molar-refractivity contribution is -0.138. The highest BCUT2D eigenvalue weighted by Gasteiger charge is 2.31. The highest BCUT2D eigenvalue weighted by molar-refractivity contribution is 5.69. The van der Waals surface area contributed by atoms with Crippen LogP contribution >= 0.6 is 0 Å². The van der Waals surface area contributed by atoms with Crippen LogP contribution in [0.15, 0.2) is 0 Å². The van der Waals surface area contributed by atoms with Gasteiger partial charge in [-0.1, -0.05) is 0 Å². The first-order valence-electron chi connectivity index (χ1n) is 5.32. The van der Waals surface area contributed by atoms with E-state index < -0.39 is 5.97 Å². The van der Waals surface area contributed by atoms with Gasteiger partial charge in [0.1, 0.15) is 0 Å². The molecule has 1 rings (SSSR count). The molecule has 0 aromatic heterocycles. The van der Waals surface area contributed by atoms with E-state index in [4.69, 9.17) is 10.4 Å². The molecule has 0 bridgehead atoms. The molecule has 15 heavy (non-hydrogen) atoms. The predicted molar refractivity (Wildman–Crippen MR) is 56.2 cm³/mol. The largest absolute Gasteiger partial charge is 0.480 e. The minimum Gasteiger partial charge on any atom is -0.480 e. The molecule has 0 saturated heterocycles. The molecular weight excluding hydrogens is 192 g/mol. The van der Waals surface area contributed by atoms with Crippen LogP contribution in [0.3, 0.4) is 0 Å². The van der Waals surface area contributed by atoms with E-state index in [1.165, 1.54) is 0 Å². The van der Waals surface area contributed by atoms with Crippen LogP contribution in [0.5, 0.6) is 0 Å². The van der Waals surface area contributed by atoms with Crippen LogP contribution in [0.2, 0.25) is 0 Å². The van der Waals surface area contributed by atoms with E-state index >= 15 is 0 Å². The molecule has 0 amide bonds. The van der Waals surface area contributed by atoms with Crippen LogP contribution in [-0.2, 0) is 4.79 Å². The van der Waals surface area contributed by atoms with Crippen LogP contribution in [0.1, 0.15) is 33.1 Å². The molecule has 0 aliphatic heterocycles. The van der Waals surface area contributed by atoms with Crippen molar-refractivity contribution in [2.75, 3.05) is 13.1 Å². The summed E-state index contributed by atoms with van der Waals surface area (Å²) >= 11 is 0. The summed E-state index contributed by atoms with van der Waals surface area (Å²) in [5.74, 6) is -0.781. The highest BCUT2D eigenvalue weighted by Crippen LogP contribution is 2.28. The Labute approximate surface area is 90.5 Å². The van der Waals surface area contributed by atoms with Crippen molar-refractivity contribution < 1.29 is 9.90 Å². The van der Waals surface area contributed by atoms with E-state index in [1.807, 2.05) is 18.7 Å². The van der Waals surface area contributed by atoms with Gasteiger partial charge in [-0.05, 0) is 33.1 Å². The Kier molecular flexibility index (Phi) is 3.70. The van der Waals surface area contributed by atoms with Gasteiger partial charge in [0.2, 0.25) is 0 Å². The molecule has 0 spiro atoms. The maximum absolute atomic E-state index is 10.6. The fourth-order valence-electron chi connectivity index (χ4n) is 1.48. The molecule has 84 valence electrons. The smallest absolute Gasteiger partial charge is 0.317 e. The molecule has 0 heterocycles. The minimum absolute atomic E-state index is 0.103. The highest BCUT2D eigenvalue weighted by atomic mass is 16.4. The normalized spacial score (nSPS) is 16.4. The van der Waals surface area contributed by atoms with E-state index in [0.717, 1.165) is 19.3 Å². The summed E-state index contributed by atoms with van der Waals surface area (Å²) in [5.41, 5.74) is -0.356. The third kappa shape index (κ3) is 4.30. The van der Waals surface area contributed by atoms with Gasteiger partial charge >= 0.3 is 5.97 Å². The first-order chi connectivity index (χ1) is 6.94. The van der Waals surface area contributed by atoms with Crippen molar-refractivity contribution in [1.29, 1.82) is 5.26 Å². The Morgan fingerprint density at radius 3 is 2.60 bits per heavy atom. The van der Waals surface area contributed by atoms with Gasteiger partial charge in [0.25, 0.3) is 0 Å². The van der Waals surface area contributed by atoms with Crippen LogP contribution in [-0.4, -0.2) is 35.1 Å². The molecule has 1 saturated carbocycles. The summed E-state index contributed by atoms with van der Waals surface area (Å²) in [5, 5.41) is 17.6. The molecular formula is C11H18N2O2. The number of carboxylic acids is 1. The molecule has 4 nitrogen and oxygen atoms in total. The summed E-state index contributed by atoms with van der Waals surface area (Å²) in [7, 11) is 0. The monoisotopic (exact) mass is 210 g/mol. The number of carboxylic acid groups (broad SMARTS) is 1. The van der Waals surface area contributed by atoms with Crippen molar-refractivity contribution in [2.24, 2.45) is 5.41 Å². The second-order valence-corrected chi connectivity index (χ2v) is 4.84. The van der Waals surface area contributed by atoms with Crippen LogP contribution < -0.4 is 0 Å². The Morgan fingerprint density at radius 2 is 2.20 bits per heavy atom. The second kappa shape index (κ2) is 4.63. The zero-order valence-electron chi connectivity index (χ0n) is 9.36. The third-order valence-corrected chi connectivity index (χ3v) is 2.73. The Bertz CT molecular complexity index is 277. The van der Waals surface area contributed by atoms with Gasteiger partial charge in [-0.2, -0.15) is 5.26 Å².